The molecule has 0 aliphatic rings. The van der Waals surface area contributed by atoms with Crippen molar-refractivity contribution < 1.29 is 4.39 Å². The Kier molecular flexibility index (Phi) is 5.32. The van der Waals surface area contributed by atoms with E-state index in [2.05, 4.69) is 59.1 Å². The summed E-state index contributed by atoms with van der Waals surface area (Å²) in [4.78, 5) is 0. The zero-order chi connectivity index (χ0) is 17.2. The van der Waals surface area contributed by atoms with Crippen LogP contribution in [0.5, 0.6) is 0 Å². The fraction of sp³-hybridized carbons (Fsp3) is 0.429. The van der Waals surface area contributed by atoms with E-state index in [1.165, 1.54) is 6.07 Å². The van der Waals surface area contributed by atoms with Gasteiger partial charge in [0.1, 0.15) is 13.9 Å². The molecule has 0 amide bonds. The van der Waals surface area contributed by atoms with Crippen LogP contribution in [0.15, 0.2) is 30.3 Å². The van der Waals surface area contributed by atoms with Crippen molar-refractivity contribution in [2.24, 2.45) is 0 Å². The molecule has 0 N–H and O–H groups in total. The van der Waals surface area contributed by atoms with Crippen molar-refractivity contribution in [2.45, 2.75) is 58.2 Å². The highest BCUT2D eigenvalue weighted by atomic mass is 28.3. The molecule has 2 rings (SSSR count). The maximum Gasteiger partial charge on any atom is 0.146 e. The summed E-state index contributed by atoms with van der Waals surface area (Å²) in [7, 11) is -1.86. The van der Waals surface area contributed by atoms with Gasteiger partial charge in [0, 0.05) is 5.39 Å². The SMILES string of the molecule is CC(C)[Si](C#Cc1c(F)ccc2ccc[c]c12)(C(C)C)C(C)C. The van der Waals surface area contributed by atoms with Crippen LogP contribution in [-0.2, 0) is 0 Å². The number of hydrogen-bond acceptors (Lipinski definition) is 0. The topological polar surface area (TPSA) is 0 Å². The van der Waals surface area contributed by atoms with Crippen LogP contribution in [0.4, 0.5) is 4.39 Å². The predicted octanol–water partition coefficient (Wildman–Crippen LogP) is 6.35. The molecule has 23 heavy (non-hydrogen) atoms. The van der Waals surface area contributed by atoms with Crippen molar-refractivity contribution in [3.63, 3.8) is 0 Å². The molecule has 2 heteroatoms. The van der Waals surface area contributed by atoms with Crippen LogP contribution in [0.3, 0.4) is 0 Å². The first-order valence-corrected chi connectivity index (χ1v) is 10.7. The molecule has 0 bridgehead atoms. The number of benzene rings is 2. The fourth-order valence-electron chi connectivity index (χ4n) is 3.90. The highest BCUT2D eigenvalue weighted by molar-refractivity contribution is 6.90. The largest absolute Gasteiger partial charge is 0.206 e. The zero-order valence-corrected chi connectivity index (χ0v) is 16.0. The Morgan fingerprint density at radius 2 is 1.57 bits per heavy atom. The summed E-state index contributed by atoms with van der Waals surface area (Å²) in [6.07, 6.45) is 0. The molecule has 0 unspecified atom stereocenters. The molecular weight excluding hydrogens is 299 g/mol. The maximum absolute atomic E-state index is 14.4. The van der Waals surface area contributed by atoms with Gasteiger partial charge in [0.15, 0.2) is 0 Å². The predicted molar refractivity (Wildman–Crippen MR) is 101 cm³/mol. The van der Waals surface area contributed by atoms with E-state index in [1.54, 1.807) is 6.07 Å². The molecule has 2 aromatic carbocycles. The van der Waals surface area contributed by atoms with Crippen molar-refractivity contribution in [1.29, 1.82) is 0 Å². The van der Waals surface area contributed by atoms with Crippen molar-refractivity contribution in [3.05, 3.63) is 47.8 Å². The molecule has 0 aliphatic carbocycles. The van der Waals surface area contributed by atoms with Gasteiger partial charge in [-0.05, 0) is 34.1 Å². The van der Waals surface area contributed by atoms with Gasteiger partial charge in [-0.1, -0.05) is 71.7 Å². The second-order valence-corrected chi connectivity index (χ2v) is 12.8. The second-order valence-electron chi connectivity index (χ2n) is 7.20. The van der Waals surface area contributed by atoms with Crippen molar-refractivity contribution in [3.8, 4) is 11.5 Å². The monoisotopic (exact) mass is 325 g/mol. The third-order valence-corrected chi connectivity index (χ3v) is 11.3. The molecule has 0 fully saturated rings. The molecule has 121 valence electrons. The fourth-order valence-corrected chi connectivity index (χ4v) is 9.10. The average Bonchev–Trinajstić information content (AvgIpc) is 2.48. The van der Waals surface area contributed by atoms with Crippen LogP contribution in [0.2, 0.25) is 16.6 Å². The van der Waals surface area contributed by atoms with E-state index in [0.29, 0.717) is 22.2 Å². The number of rotatable bonds is 3. The summed E-state index contributed by atoms with van der Waals surface area (Å²) >= 11 is 0. The zero-order valence-electron chi connectivity index (χ0n) is 15.0. The van der Waals surface area contributed by atoms with Gasteiger partial charge in [-0.15, -0.1) is 5.54 Å². The Bertz CT molecular complexity index is 725. The molecule has 0 aromatic heterocycles. The minimum absolute atomic E-state index is 0.244. The molecule has 0 atom stereocenters. The molecule has 0 saturated carbocycles. The lowest BCUT2D eigenvalue weighted by Crippen LogP contribution is -2.43. The van der Waals surface area contributed by atoms with Crippen LogP contribution < -0.4 is 0 Å². The summed E-state index contributed by atoms with van der Waals surface area (Å²) in [5, 5.41) is 1.78. The smallest absolute Gasteiger partial charge is 0.146 e. The molecule has 0 aliphatic heterocycles. The highest BCUT2D eigenvalue weighted by Crippen LogP contribution is 2.40. The summed E-state index contributed by atoms with van der Waals surface area (Å²) in [5.74, 6) is 3.00. The highest BCUT2D eigenvalue weighted by Gasteiger charge is 2.41. The molecule has 2 aromatic rings. The normalized spacial score (nSPS) is 12.1. The first-order valence-electron chi connectivity index (χ1n) is 8.42. The molecule has 1 radical (unpaired) electrons. The molecular formula is C21H26FSi. The number of halogens is 1. The summed E-state index contributed by atoms with van der Waals surface area (Å²) in [6.45, 7) is 13.6. The van der Waals surface area contributed by atoms with Crippen LogP contribution >= 0.6 is 0 Å². The van der Waals surface area contributed by atoms with Crippen molar-refractivity contribution >= 4 is 18.8 Å². The van der Waals surface area contributed by atoms with E-state index >= 15 is 0 Å². The third-order valence-electron chi connectivity index (χ3n) is 5.06. The van der Waals surface area contributed by atoms with Crippen molar-refractivity contribution in [1.82, 2.24) is 0 Å². The molecule has 0 saturated heterocycles. The number of hydrogen-bond donors (Lipinski definition) is 0. The first kappa shape index (κ1) is 17.8. The van der Waals surface area contributed by atoms with Gasteiger partial charge < -0.3 is 0 Å². The van der Waals surface area contributed by atoms with Gasteiger partial charge in [-0.2, -0.15) is 0 Å². The van der Waals surface area contributed by atoms with E-state index in [-0.39, 0.29) is 5.82 Å². The Morgan fingerprint density at radius 3 is 2.13 bits per heavy atom. The van der Waals surface area contributed by atoms with E-state index in [1.807, 2.05) is 18.2 Å². The molecule has 0 heterocycles. The lowest BCUT2D eigenvalue weighted by Gasteiger charge is -2.38. The average molecular weight is 326 g/mol. The Hall–Kier alpha value is -1.59. The van der Waals surface area contributed by atoms with Crippen LogP contribution in [-0.4, -0.2) is 8.07 Å². The van der Waals surface area contributed by atoms with E-state index in [0.717, 1.165) is 10.8 Å². The van der Waals surface area contributed by atoms with Gasteiger partial charge in [0.05, 0.1) is 5.56 Å². The van der Waals surface area contributed by atoms with Crippen molar-refractivity contribution in [2.75, 3.05) is 0 Å². The van der Waals surface area contributed by atoms with E-state index < -0.39 is 8.07 Å². The number of fused-ring (bicyclic) bond motifs is 1. The minimum atomic E-state index is -1.86. The van der Waals surface area contributed by atoms with Gasteiger partial charge in [-0.25, -0.2) is 4.39 Å². The van der Waals surface area contributed by atoms with Gasteiger partial charge in [0.2, 0.25) is 0 Å². The van der Waals surface area contributed by atoms with Gasteiger partial charge in [-0.3, -0.25) is 0 Å². The summed E-state index contributed by atoms with van der Waals surface area (Å²) in [5.41, 5.74) is 5.73. The van der Waals surface area contributed by atoms with E-state index in [4.69, 9.17) is 0 Å². The van der Waals surface area contributed by atoms with Crippen LogP contribution in [0.1, 0.15) is 47.1 Å². The molecule has 0 spiro atoms. The second kappa shape index (κ2) is 6.89. The van der Waals surface area contributed by atoms with E-state index in [9.17, 15) is 4.39 Å². The Labute approximate surface area is 141 Å². The third kappa shape index (κ3) is 3.21. The lowest BCUT2D eigenvalue weighted by atomic mass is 10.0. The summed E-state index contributed by atoms with van der Waals surface area (Å²) < 4.78 is 14.4. The summed E-state index contributed by atoms with van der Waals surface area (Å²) in [6, 6.07) is 12.2. The lowest BCUT2D eigenvalue weighted by molar-refractivity contribution is 0.626. The molecule has 0 nitrogen and oxygen atoms in total. The first-order chi connectivity index (χ1) is 10.8. The maximum atomic E-state index is 14.4. The van der Waals surface area contributed by atoms with Gasteiger partial charge in [0.25, 0.3) is 0 Å². The minimum Gasteiger partial charge on any atom is -0.206 e. The Morgan fingerprint density at radius 1 is 0.957 bits per heavy atom. The van der Waals surface area contributed by atoms with Crippen LogP contribution in [0.25, 0.3) is 10.8 Å². The Balaban J connectivity index is 2.67. The quantitative estimate of drug-likeness (QED) is 0.456. The standard InChI is InChI=1S/C21H26FSi/c1-15(2)23(16(3)4,17(5)6)14-13-20-19-10-8-7-9-18(19)11-12-21(20)22/h7-9,11-12,15-17H,1-6H3. The van der Waals surface area contributed by atoms with Gasteiger partial charge >= 0.3 is 0 Å². The van der Waals surface area contributed by atoms with Crippen LogP contribution in [0, 0.1) is 23.3 Å².